The molecule has 1 aromatic carbocycles. The third-order valence-corrected chi connectivity index (χ3v) is 5.33. The van der Waals surface area contributed by atoms with Gasteiger partial charge in [-0.25, -0.2) is 0 Å². The van der Waals surface area contributed by atoms with Crippen molar-refractivity contribution in [3.63, 3.8) is 0 Å². The number of amides is 1. The molecule has 3 rings (SSSR count). The molecule has 0 radical (unpaired) electrons. The number of carboxylic acid groups (broad SMARTS) is 1. The molecular weight excluding hydrogens is 338 g/mol. The summed E-state index contributed by atoms with van der Waals surface area (Å²) in [5, 5.41) is 10.1. The zero-order valence-corrected chi connectivity index (χ0v) is 15.8. The summed E-state index contributed by atoms with van der Waals surface area (Å²) in [5.41, 5.74) is 2.01. The van der Waals surface area contributed by atoms with Crippen LogP contribution in [0.2, 0.25) is 5.02 Å². The predicted octanol–water partition coefficient (Wildman–Crippen LogP) is 4.30. The van der Waals surface area contributed by atoms with Crippen molar-refractivity contribution in [1.29, 1.82) is 0 Å². The zero-order valence-electron chi connectivity index (χ0n) is 15.0. The fourth-order valence-electron chi connectivity index (χ4n) is 3.66. The maximum absolute atomic E-state index is 12.8. The minimum Gasteiger partial charge on any atom is -0.481 e. The highest BCUT2D eigenvalue weighted by molar-refractivity contribution is 6.31. The second kappa shape index (κ2) is 8.52. The molecule has 1 heterocycles. The third-order valence-electron chi connectivity index (χ3n) is 4.91. The monoisotopic (exact) mass is 363 g/mol. The van der Waals surface area contributed by atoms with Gasteiger partial charge in [0.1, 0.15) is 0 Å². The van der Waals surface area contributed by atoms with Gasteiger partial charge in [0.15, 0.2) is 0 Å². The number of halogens is 1. The summed E-state index contributed by atoms with van der Waals surface area (Å²) in [5.74, 6) is -1.89. The molecule has 1 aliphatic heterocycles. The lowest BCUT2D eigenvalue weighted by molar-refractivity contribution is -0.155. The van der Waals surface area contributed by atoms with E-state index in [4.69, 9.17) is 11.6 Å². The molecule has 25 heavy (non-hydrogen) atoms. The summed E-state index contributed by atoms with van der Waals surface area (Å²) in [6.07, 6.45) is 5.19. The van der Waals surface area contributed by atoms with Crippen LogP contribution in [-0.2, 0) is 16.1 Å². The Balaban J connectivity index is 0.00000109. The molecule has 4 nitrogen and oxygen atoms in total. The highest BCUT2D eigenvalue weighted by Gasteiger charge is 2.44. The number of aryl methyl sites for hydroxylation is 1. The number of hydrogen-bond donors (Lipinski definition) is 1. The number of carboxylic acids is 1. The van der Waals surface area contributed by atoms with E-state index in [1.54, 1.807) is 4.90 Å². The first-order valence-electron chi connectivity index (χ1n) is 8.90. The zero-order chi connectivity index (χ0) is 18.6. The van der Waals surface area contributed by atoms with Crippen molar-refractivity contribution in [2.45, 2.75) is 40.2 Å². The molecule has 1 aromatic rings. The number of hydrogen-bond acceptors (Lipinski definition) is 2. The van der Waals surface area contributed by atoms with Crippen LogP contribution >= 0.6 is 11.6 Å². The van der Waals surface area contributed by atoms with Crippen molar-refractivity contribution >= 4 is 23.5 Å². The Bertz CT molecular complexity index is 671. The van der Waals surface area contributed by atoms with Gasteiger partial charge in [0.2, 0.25) is 5.91 Å². The number of rotatable bonds is 3. The molecule has 5 heteroatoms. The van der Waals surface area contributed by atoms with Crippen LogP contribution in [0, 0.1) is 24.7 Å². The molecule has 0 saturated carbocycles. The Morgan fingerprint density at radius 1 is 1.36 bits per heavy atom. The number of benzene rings is 1. The van der Waals surface area contributed by atoms with Crippen LogP contribution in [-0.4, -0.2) is 28.4 Å². The summed E-state index contributed by atoms with van der Waals surface area (Å²) in [4.78, 5) is 26.1. The predicted molar refractivity (Wildman–Crippen MR) is 99.4 cm³/mol. The van der Waals surface area contributed by atoms with Crippen LogP contribution in [0.4, 0.5) is 0 Å². The van der Waals surface area contributed by atoms with Gasteiger partial charge in [-0.3, -0.25) is 9.59 Å². The van der Waals surface area contributed by atoms with Gasteiger partial charge in [0.25, 0.3) is 0 Å². The molecule has 1 amide bonds. The Kier molecular flexibility index (Phi) is 6.65. The quantitative estimate of drug-likeness (QED) is 0.814. The molecule has 0 unspecified atom stereocenters. The lowest BCUT2D eigenvalue weighted by Gasteiger charge is -2.41. The molecule has 0 bridgehead atoms. The smallest absolute Gasteiger partial charge is 0.307 e. The SMILES string of the molecule is CC.Cc1cc(CN2CC[C@H]3C=CC[C@@H](C(=O)O)[C@H]3C2=O)ccc1Cl. The Morgan fingerprint density at radius 3 is 2.72 bits per heavy atom. The minimum absolute atomic E-state index is 0.0365. The second-order valence-corrected chi connectivity index (χ2v) is 6.84. The highest BCUT2D eigenvalue weighted by Crippen LogP contribution is 2.37. The summed E-state index contributed by atoms with van der Waals surface area (Å²) in [6.45, 7) is 7.11. The van der Waals surface area contributed by atoms with Gasteiger partial charge in [-0.05, 0) is 42.9 Å². The van der Waals surface area contributed by atoms with Crippen LogP contribution in [0.15, 0.2) is 30.4 Å². The molecule has 0 spiro atoms. The van der Waals surface area contributed by atoms with Crippen molar-refractivity contribution in [2.24, 2.45) is 17.8 Å². The molecule has 1 N–H and O–H groups in total. The van der Waals surface area contributed by atoms with E-state index in [0.29, 0.717) is 24.5 Å². The first kappa shape index (κ1) is 19.5. The summed E-state index contributed by atoms with van der Waals surface area (Å²) >= 11 is 6.04. The molecule has 2 aliphatic rings. The molecule has 1 fully saturated rings. The minimum atomic E-state index is -0.873. The van der Waals surface area contributed by atoms with E-state index in [9.17, 15) is 14.7 Å². The van der Waals surface area contributed by atoms with Gasteiger partial charge in [-0.1, -0.05) is 49.7 Å². The Hall–Kier alpha value is -1.81. The van der Waals surface area contributed by atoms with Crippen molar-refractivity contribution in [3.8, 4) is 0 Å². The topological polar surface area (TPSA) is 57.6 Å². The third kappa shape index (κ3) is 4.24. The average molecular weight is 364 g/mol. The first-order valence-corrected chi connectivity index (χ1v) is 9.28. The van der Waals surface area contributed by atoms with Crippen LogP contribution in [0.1, 0.15) is 37.8 Å². The molecule has 136 valence electrons. The highest BCUT2D eigenvalue weighted by atomic mass is 35.5. The van der Waals surface area contributed by atoms with Gasteiger partial charge in [0, 0.05) is 18.1 Å². The summed E-state index contributed by atoms with van der Waals surface area (Å²) in [7, 11) is 0. The lowest BCUT2D eigenvalue weighted by atomic mass is 9.71. The van der Waals surface area contributed by atoms with Crippen molar-refractivity contribution in [3.05, 3.63) is 46.5 Å². The lowest BCUT2D eigenvalue weighted by Crippen LogP contribution is -2.49. The van der Waals surface area contributed by atoms with Crippen molar-refractivity contribution in [1.82, 2.24) is 4.90 Å². The van der Waals surface area contributed by atoms with E-state index in [1.165, 1.54) is 0 Å². The van der Waals surface area contributed by atoms with Crippen LogP contribution in [0.25, 0.3) is 0 Å². The van der Waals surface area contributed by atoms with Crippen molar-refractivity contribution in [2.75, 3.05) is 6.54 Å². The van der Waals surface area contributed by atoms with Gasteiger partial charge in [-0.15, -0.1) is 0 Å². The number of likely N-dealkylation sites (tertiary alicyclic amines) is 1. The largest absolute Gasteiger partial charge is 0.481 e. The van der Waals surface area contributed by atoms with E-state index >= 15 is 0 Å². The number of carbonyl (C=O) groups excluding carboxylic acids is 1. The van der Waals surface area contributed by atoms with Crippen LogP contribution < -0.4 is 0 Å². The first-order chi connectivity index (χ1) is 12.0. The summed E-state index contributed by atoms with van der Waals surface area (Å²) < 4.78 is 0. The van der Waals surface area contributed by atoms with E-state index in [1.807, 2.05) is 51.1 Å². The standard InChI is InChI=1S/C18H20ClNO3.C2H6/c1-11-9-12(5-6-15(11)19)10-20-8-7-13-3-2-4-14(18(22)23)16(13)17(20)21;1-2/h2-3,5-6,9,13-14,16H,4,7-8,10H2,1H3,(H,22,23);1-2H3/t13-,14-,16+;/m1./s1. The average Bonchev–Trinajstić information content (AvgIpc) is 2.62. The molecule has 1 saturated heterocycles. The number of piperidine rings is 1. The van der Waals surface area contributed by atoms with E-state index in [0.717, 1.165) is 17.5 Å². The molecule has 1 aliphatic carbocycles. The number of allylic oxidation sites excluding steroid dienone is 2. The second-order valence-electron chi connectivity index (χ2n) is 6.43. The Labute approximate surface area is 154 Å². The van der Waals surface area contributed by atoms with Crippen LogP contribution in [0.5, 0.6) is 0 Å². The molecule has 0 aromatic heterocycles. The van der Waals surface area contributed by atoms with Gasteiger partial charge in [-0.2, -0.15) is 0 Å². The van der Waals surface area contributed by atoms with E-state index in [2.05, 4.69) is 0 Å². The number of nitrogens with zero attached hydrogens (tertiary/aromatic N) is 1. The number of carbonyl (C=O) groups is 2. The normalized spacial score (nSPS) is 25.0. The van der Waals surface area contributed by atoms with Crippen LogP contribution in [0.3, 0.4) is 0 Å². The fourth-order valence-corrected chi connectivity index (χ4v) is 3.78. The van der Waals surface area contributed by atoms with Gasteiger partial charge >= 0.3 is 5.97 Å². The maximum atomic E-state index is 12.8. The van der Waals surface area contributed by atoms with E-state index < -0.39 is 17.8 Å². The maximum Gasteiger partial charge on any atom is 0.307 e. The van der Waals surface area contributed by atoms with Crippen molar-refractivity contribution < 1.29 is 14.7 Å². The van der Waals surface area contributed by atoms with Gasteiger partial charge in [0.05, 0.1) is 11.8 Å². The Morgan fingerprint density at radius 2 is 2.08 bits per heavy atom. The van der Waals surface area contributed by atoms with E-state index in [-0.39, 0.29) is 11.8 Å². The fraction of sp³-hybridized carbons (Fsp3) is 0.500. The number of aliphatic carboxylic acids is 1. The molecule has 3 atom stereocenters. The van der Waals surface area contributed by atoms with Gasteiger partial charge < -0.3 is 10.0 Å². The summed E-state index contributed by atoms with van der Waals surface area (Å²) in [6, 6.07) is 5.74. The molecular formula is C20H26ClNO3. The number of fused-ring (bicyclic) bond motifs is 1.